The first-order valence-electron chi connectivity index (χ1n) is 4.38. The van der Waals surface area contributed by atoms with Crippen LogP contribution in [0.1, 0.15) is 0 Å². The number of aromatic amines is 1. The van der Waals surface area contributed by atoms with Crippen LogP contribution in [0.15, 0.2) is 36.8 Å². The lowest BCUT2D eigenvalue weighted by Gasteiger charge is -2.05. The first-order valence-corrected chi connectivity index (χ1v) is 5.99. The number of rotatable bonds is 2. The molecule has 0 unspecified atom stereocenters. The van der Waals surface area contributed by atoms with Gasteiger partial charge in [0.2, 0.25) is 0 Å². The molecule has 9 heteroatoms. The van der Waals surface area contributed by atoms with Crippen LogP contribution in [0.2, 0.25) is 0 Å². The SMILES string of the molecule is Cn1[nH]c(=O)c(=O)nc1Sc1ncncc1Br. The highest BCUT2D eigenvalue weighted by Gasteiger charge is 2.09. The van der Waals surface area contributed by atoms with Gasteiger partial charge in [-0.1, -0.05) is 0 Å². The second-order valence-electron chi connectivity index (χ2n) is 2.98. The molecule has 7 nitrogen and oxygen atoms in total. The van der Waals surface area contributed by atoms with Gasteiger partial charge in [0.05, 0.1) is 4.47 Å². The maximum atomic E-state index is 11.1. The van der Waals surface area contributed by atoms with Crippen LogP contribution in [0.5, 0.6) is 0 Å². The smallest absolute Gasteiger partial charge is 0.265 e. The van der Waals surface area contributed by atoms with Gasteiger partial charge in [0.1, 0.15) is 11.4 Å². The van der Waals surface area contributed by atoms with Gasteiger partial charge in [-0.05, 0) is 27.7 Å². The number of nitrogens with zero attached hydrogens (tertiary/aromatic N) is 4. The molecule has 0 spiro atoms. The Bertz CT molecular complexity index is 667. The van der Waals surface area contributed by atoms with E-state index in [0.717, 1.165) is 11.8 Å². The van der Waals surface area contributed by atoms with E-state index in [1.165, 1.54) is 11.0 Å². The van der Waals surface area contributed by atoms with E-state index < -0.39 is 11.1 Å². The molecule has 88 valence electrons. The monoisotopic (exact) mass is 315 g/mol. The zero-order valence-electron chi connectivity index (χ0n) is 8.55. The third kappa shape index (κ3) is 2.61. The molecule has 0 aliphatic heterocycles. The molecule has 0 fully saturated rings. The Morgan fingerprint density at radius 3 is 2.94 bits per heavy atom. The first kappa shape index (κ1) is 12.0. The van der Waals surface area contributed by atoms with Crippen LogP contribution in [0.3, 0.4) is 0 Å². The molecule has 0 aromatic carbocycles. The predicted molar refractivity (Wildman–Crippen MR) is 64.0 cm³/mol. The average molecular weight is 316 g/mol. The summed E-state index contributed by atoms with van der Waals surface area (Å²) in [5.41, 5.74) is -1.57. The van der Waals surface area contributed by atoms with E-state index >= 15 is 0 Å². The van der Waals surface area contributed by atoms with Crippen LogP contribution in [0.4, 0.5) is 0 Å². The Morgan fingerprint density at radius 1 is 1.47 bits per heavy atom. The lowest BCUT2D eigenvalue weighted by Crippen LogP contribution is -2.33. The van der Waals surface area contributed by atoms with Crippen LogP contribution in [0.25, 0.3) is 0 Å². The quantitative estimate of drug-likeness (QED) is 0.627. The van der Waals surface area contributed by atoms with Gasteiger partial charge in [0.15, 0.2) is 5.16 Å². The van der Waals surface area contributed by atoms with Crippen molar-refractivity contribution in [3.63, 3.8) is 0 Å². The summed E-state index contributed by atoms with van der Waals surface area (Å²) in [6, 6.07) is 0. The van der Waals surface area contributed by atoms with Crippen molar-refractivity contribution in [2.45, 2.75) is 10.2 Å². The third-order valence-electron chi connectivity index (χ3n) is 1.77. The molecule has 2 heterocycles. The van der Waals surface area contributed by atoms with E-state index in [-0.39, 0.29) is 0 Å². The molecule has 1 N–H and O–H groups in total. The molecular formula is C8H6BrN5O2S. The average Bonchev–Trinajstić information content (AvgIpc) is 2.29. The van der Waals surface area contributed by atoms with Gasteiger partial charge in [-0.25, -0.2) is 9.97 Å². The topological polar surface area (TPSA) is 93.5 Å². The standard InChI is InChI=1S/C8H6BrN5O2S/c1-14-8(12-5(15)6(16)13-14)17-7-4(9)2-10-3-11-7/h2-3H,1H3,(H,13,16). The highest BCUT2D eigenvalue weighted by molar-refractivity contribution is 9.10. The summed E-state index contributed by atoms with van der Waals surface area (Å²) in [4.78, 5) is 33.7. The molecule has 0 amide bonds. The molecule has 2 aromatic rings. The second kappa shape index (κ2) is 4.80. The fourth-order valence-electron chi connectivity index (χ4n) is 1.01. The van der Waals surface area contributed by atoms with E-state index in [2.05, 4.69) is 36.0 Å². The van der Waals surface area contributed by atoms with Gasteiger partial charge >= 0.3 is 11.1 Å². The Hall–Kier alpha value is -1.48. The van der Waals surface area contributed by atoms with Gasteiger partial charge in [-0.2, -0.15) is 4.98 Å². The van der Waals surface area contributed by atoms with Crippen LogP contribution < -0.4 is 11.1 Å². The molecule has 2 aromatic heterocycles. The largest absolute Gasteiger partial charge is 0.339 e. The van der Waals surface area contributed by atoms with Gasteiger partial charge in [-0.15, -0.1) is 0 Å². The van der Waals surface area contributed by atoms with Crippen molar-refractivity contribution in [2.75, 3.05) is 0 Å². The highest BCUT2D eigenvalue weighted by Crippen LogP contribution is 2.28. The van der Waals surface area contributed by atoms with Crippen molar-refractivity contribution in [1.29, 1.82) is 0 Å². The summed E-state index contributed by atoms with van der Waals surface area (Å²) in [5.74, 6) is 0. The van der Waals surface area contributed by atoms with Crippen molar-refractivity contribution in [1.82, 2.24) is 24.7 Å². The van der Waals surface area contributed by atoms with Crippen molar-refractivity contribution in [3.05, 3.63) is 37.7 Å². The maximum absolute atomic E-state index is 11.1. The summed E-state index contributed by atoms with van der Waals surface area (Å²) in [5, 5.41) is 3.30. The van der Waals surface area contributed by atoms with Gasteiger partial charge in [0, 0.05) is 13.2 Å². The highest BCUT2D eigenvalue weighted by atomic mass is 79.9. The molecule has 0 saturated carbocycles. The molecule has 0 bridgehead atoms. The summed E-state index contributed by atoms with van der Waals surface area (Å²) in [7, 11) is 1.59. The molecular weight excluding hydrogens is 310 g/mol. The van der Waals surface area contributed by atoms with E-state index in [1.807, 2.05) is 0 Å². The van der Waals surface area contributed by atoms with E-state index in [4.69, 9.17) is 0 Å². The normalized spacial score (nSPS) is 10.5. The first-order chi connectivity index (χ1) is 8.08. The number of halogens is 1. The summed E-state index contributed by atoms with van der Waals surface area (Å²) in [6.45, 7) is 0. The summed E-state index contributed by atoms with van der Waals surface area (Å²) in [6.07, 6.45) is 2.97. The van der Waals surface area contributed by atoms with E-state index in [1.54, 1.807) is 13.2 Å². The minimum absolute atomic E-state index is 0.342. The Balaban J connectivity index is 2.44. The van der Waals surface area contributed by atoms with Gasteiger partial charge < -0.3 is 0 Å². The predicted octanol–water partition coefficient (Wildman–Crippen LogP) is 0.172. The molecule has 2 rings (SSSR count). The minimum atomic E-state index is -0.823. The van der Waals surface area contributed by atoms with Crippen LogP contribution >= 0.6 is 27.7 Å². The van der Waals surface area contributed by atoms with E-state index in [0.29, 0.717) is 14.7 Å². The van der Waals surface area contributed by atoms with Gasteiger partial charge in [-0.3, -0.25) is 19.4 Å². The second-order valence-corrected chi connectivity index (χ2v) is 4.79. The third-order valence-corrected chi connectivity index (χ3v) is 3.68. The molecule has 0 aliphatic carbocycles. The van der Waals surface area contributed by atoms with E-state index in [9.17, 15) is 9.59 Å². The van der Waals surface area contributed by atoms with Crippen molar-refractivity contribution in [2.24, 2.45) is 7.05 Å². The molecule has 0 radical (unpaired) electrons. The van der Waals surface area contributed by atoms with Crippen molar-refractivity contribution < 1.29 is 0 Å². The zero-order chi connectivity index (χ0) is 12.4. The lowest BCUT2D eigenvalue weighted by molar-refractivity contribution is 0.596. The van der Waals surface area contributed by atoms with Crippen LogP contribution in [0, 0.1) is 0 Å². The summed E-state index contributed by atoms with van der Waals surface area (Å²) >= 11 is 4.43. The molecule has 0 saturated heterocycles. The fraction of sp³-hybridized carbons (Fsp3) is 0.125. The number of nitrogens with one attached hydrogen (secondary N) is 1. The van der Waals surface area contributed by atoms with Crippen molar-refractivity contribution in [3.8, 4) is 0 Å². The summed E-state index contributed by atoms with van der Waals surface area (Å²) < 4.78 is 2.05. The molecule has 0 aliphatic rings. The Labute approximate surface area is 107 Å². The number of H-pyrrole nitrogens is 1. The van der Waals surface area contributed by atoms with Crippen molar-refractivity contribution >= 4 is 27.7 Å². The molecule has 0 atom stereocenters. The molecule has 17 heavy (non-hydrogen) atoms. The number of hydrogen-bond acceptors (Lipinski definition) is 6. The number of aromatic nitrogens is 5. The lowest BCUT2D eigenvalue weighted by atomic mass is 10.7. The Kier molecular flexibility index (Phi) is 3.38. The van der Waals surface area contributed by atoms with Crippen LogP contribution in [-0.4, -0.2) is 24.7 Å². The number of hydrogen-bond donors (Lipinski definition) is 1. The number of aryl methyl sites for hydroxylation is 1. The zero-order valence-corrected chi connectivity index (χ0v) is 10.9. The maximum Gasteiger partial charge on any atom is 0.339 e. The fourth-order valence-corrected chi connectivity index (χ4v) is 2.21. The van der Waals surface area contributed by atoms with Gasteiger partial charge in [0.25, 0.3) is 0 Å². The van der Waals surface area contributed by atoms with Crippen LogP contribution in [-0.2, 0) is 7.05 Å². The minimum Gasteiger partial charge on any atom is -0.265 e. The Morgan fingerprint density at radius 2 is 2.24 bits per heavy atom.